The van der Waals surface area contributed by atoms with Crippen molar-refractivity contribution in [2.75, 3.05) is 19.6 Å². The van der Waals surface area contributed by atoms with E-state index in [1.165, 1.54) is 12.1 Å². The van der Waals surface area contributed by atoms with E-state index in [4.69, 9.17) is 0 Å². The molecular formula is C15H25N. The maximum atomic E-state index is 2.53. The van der Waals surface area contributed by atoms with Crippen molar-refractivity contribution in [3.63, 3.8) is 0 Å². The quantitative estimate of drug-likeness (QED) is 0.731. The van der Waals surface area contributed by atoms with E-state index in [0.717, 1.165) is 19.5 Å². The Balaban J connectivity index is 2.40. The van der Waals surface area contributed by atoms with Gasteiger partial charge in [0.25, 0.3) is 0 Å². The molecule has 1 nitrogen and oxygen atoms in total. The van der Waals surface area contributed by atoms with Gasteiger partial charge in [0.15, 0.2) is 0 Å². The molecule has 0 amide bonds. The normalized spacial score (nSPS) is 12.1. The van der Waals surface area contributed by atoms with Crippen molar-refractivity contribution in [2.45, 2.75) is 34.1 Å². The average Bonchev–Trinajstić information content (AvgIpc) is 2.24. The third-order valence-electron chi connectivity index (χ3n) is 2.70. The number of benzene rings is 1. The molecule has 0 fully saturated rings. The maximum Gasteiger partial charge on any atom is 0.00301 e. The molecule has 0 N–H and O–H groups in total. The number of hydrogen-bond donors (Lipinski definition) is 0. The summed E-state index contributed by atoms with van der Waals surface area (Å²) in [7, 11) is 0. The van der Waals surface area contributed by atoms with Crippen molar-refractivity contribution in [2.24, 2.45) is 5.41 Å². The molecule has 0 aliphatic carbocycles. The summed E-state index contributed by atoms with van der Waals surface area (Å²) in [5.74, 6) is 0. The second-order valence-electron chi connectivity index (χ2n) is 5.67. The predicted molar refractivity (Wildman–Crippen MR) is 71.7 cm³/mol. The lowest BCUT2D eigenvalue weighted by atomic mass is 9.96. The number of likely N-dealkylation sites (N-methyl/N-ethyl adjacent to an activating group) is 1. The molecule has 1 heteroatoms. The summed E-state index contributed by atoms with van der Waals surface area (Å²) in [6, 6.07) is 10.7. The van der Waals surface area contributed by atoms with Crippen LogP contribution >= 0.6 is 0 Å². The minimum Gasteiger partial charge on any atom is -0.303 e. The zero-order valence-electron chi connectivity index (χ0n) is 11.2. The number of hydrogen-bond acceptors (Lipinski definition) is 1. The van der Waals surface area contributed by atoms with Gasteiger partial charge in [0.2, 0.25) is 0 Å². The summed E-state index contributed by atoms with van der Waals surface area (Å²) in [6.07, 6.45) is 1.16. The van der Waals surface area contributed by atoms with Gasteiger partial charge in [-0.25, -0.2) is 0 Å². The third kappa shape index (κ3) is 5.32. The van der Waals surface area contributed by atoms with Crippen molar-refractivity contribution in [1.29, 1.82) is 0 Å². The van der Waals surface area contributed by atoms with Crippen LogP contribution in [0, 0.1) is 5.41 Å². The molecule has 0 atom stereocenters. The van der Waals surface area contributed by atoms with Gasteiger partial charge in [0, 0.05) is 13.1 Å². The lowest BCUT2D eigenvalue weighted by Gasteiger charge is -2.28. The molecular weight excluding hydrogens is 194 g/mol. The van der Waals surface area contributed by atoms with Crippen molar-refractivity contribution in [3.8, 4) is 0 Å². The molecule has 0 saturated heterocycles. The smallest absolute Gasteiger partial charge is 0.00301 e. The topological polar surface area (TPSA) is 3.24 Å². The zero-order valence-corrected chi connectivity index (χ0v) is 11.2. The van der Waals surface area contributed by atoms with Crippen LogP contribution in [-0.4, -0.2) is 24.5 Å². The van der Waals surface area contributed by atoms with Gasteiger partial charge in [-0.15, -0.1) is 0 Å². The molecule has 0 aliphatic heterocycles. The van der Waals surface area contributed by atoms with Crippen LogP contribution in [0.4, 0.5) is 0 Å². The molecule has 0 radical (unpaired) electrons. The Hall–Kier alpha value is -0.820. The molecule has 0 heterocycles. The molecule has 0 aromatic heterocycles. The lowest BCUT2D eigenvalue weighted by Crippen LogP contribution is -2.34. The molecule has 0 aliphatic rings. The molecule has 1 aromatic carbocycles. The van der Waals surface area contributed by atoms with Crippen LogP contribution in [0.5, 0.6) is 0 Å². The Bertz CT molecular complexity index is 284. The predicted octanol–water partition coefficient (Wildman–Crippen LogP) is 3.60. The molecule has 90 valence electrons. The highest BCUT2D eigenvalue weighted by Gasteiger charge is 2.14. The van der Waals surface area contributed by atoms with Crippen molar-refractivity contribution in [3.05, 3.63) is 35.9 Å². The van der Waals surface area contributed by atoms with Gasteiger partial charge in [-0.3, -0.25) is 0 Å². The van der Waals surface area contributed by atoms with Gasteiger partial charge in [-0.1, -0.05) is 58.0 Å². The minimum absolute atomic E-state index is 0.396. The van der Waals surface area contributed by atoms with Crippen LogP contribution in [0.2, 0.25) is 0 Å². The van der Waals surface area contributed by atoms with Gasteiger partial charge >= 0.3 is 0 Å². The second-order valence-corrected chi connectivity index (χ2v) is 5.67. The standard InChI is InChI=1S/C15H25N/c1-5-16(13-15(2,3)4)12-11-14-9-7-6-8-10-14/h6-10H,5,11-13H2,1-4H3. The van der Waals surface area contributed by atoms with Crippen LogP contribution in [-0.2, 0) is 6.42 Å². The van der Waals surface area contributed by atoms with Gasteiger partial charge in [0.05, 0.1) is 0 Å². The third-order valence-corrected chi connectivity index (χ3v) is 2.70. The van der Waals surface area contributed by atoms with Crippen LogP contribution in [0.15, 0.2) is 30.3 Å². The van der Waals surface area contributed by atoms with Gasteiger partial charge in [0.1, 0.15) is 0 Å². The summed E-state index contributed by atoms with van der Waals surface area (Å²) >= 11 is 0. The Morgan fingerprint density at radius 2 is 1.69 bits per heavy atom. The van der Waals surface area contributed by atoms with Crippen LogP contribution < -0.4 is 0 Å². The van der Waals surface area contributed by atoms with E-state index >= 15 is 0 Å². The fraction of sp³-hybridized carbons (Fsp3) is 0.600. The van der Waals surface area contributed by atoms with Crippen LogP contribution in [0.25, 0.3) is 0 Å². The summed E-state index contributed by atoms with van der Waals surface area (Å²) in [6.45, 7) is 12.6. The van der Waals surface area contributed by atoms with Crippen LogP contribution in [0.1, 0.15) is 33.3 Å². The first kappa shape index (κ1) is 13.2. The monoisotopic (exact) mass is 219 g/mol. The number of rotatable bonds is 5. The van der Waals surface area contributed by atoms with E-state index in [9.17, 15) is 0 Å². The van der Waals surface area contributed by atoms with Gasteiger partial charge in [-0.05, 0) is 23.9 Å². The Labute approximate surface area is 100 Å². The van der Waals surface area contributed by atoms with E-state index in [1.54, 1.807) is 0 Å². The van der Waals surface area contributed by atoms with E-state index in [0.29, 0.717) is 5.41 Å². The molecule has 0 unspecified atom stereocenters. The summed E-state index contributed by atoms with van der Waals surface area (Å²) in [5, 5.41) is 0. The fourth-order valence-electron chi connectivity index (χ4n) is 1.95. The molecule has 1 aromatic rings. The molecule has 0 saturated carbocycles. The summed E-state index contributed by atoms with van der Waals surface area (Å²) in [5.41, 5.74) is 1.84. The minimum atomic E-state index is 0.396. The van der Waals surface area contributed by atoms with Gasteiger partial charge in [-0.2, -0.15) is 0 Å². The molecule has 0 bridgehead atoms. The molecule has 0 spiro atoms. The first-order valence-corrected chi connectivity index (χ1v) is 6.27. The van der Waals surface area contributed by atoms with Crippen molar-refractivity contribution < 1.29 is 0 Å². The van der Waals surface area contributed by atoms with Crippen LogP contribution in [0.3, 0.4) is 0 Å². The highest BCUT2D eigenvalue weighted by Crippen LogP contribution is 2.15. The first-order chi connectivity index (χ1) is 7.51. The second kappa shape index (κ2) is 6.05. The van der Waals surface area contributed by atoms with Crippen molar-refractivity contribution >= 4 is 0 Å². The van der Waals surface area contributed by atoms with E-state index in [2.05, 4.69) is 62.9 Å². The van der Waals surface area contributed by atoms with Crippen molar-refractivity contribution in [1.82, 2.24) is 4.90 Å². The van der Waals surface area contributed by atoms with E-state index < -0.39 is 0 Å². The van der Waals surface area contributed by atoms with Gasteiger partial charge < -0.3 is 4.90 Å². The lowest BCUT2D eigenvalue weighted by molar-refractivity contribution is 0.201. The average molecular weight is 219 g/mol. The van der Waals surface area contributed by atoms with E-state index in [1.807, 2.05) is 0 Å². The number of nitrogens with zero attached hydrogens (tertiary/aromatic N) is 1. The Kier molecular flexibility index (Phi) is 5.01. The summed E-state index contributed by atoms with van der Waals surface area (Å²) in [4.78, 5) is 2.53. The zero-order chi connectivity index (χ0) is 12.0. The fourth-order valence-corrected chi connectivity index (χ4v) is 1.95. The largest absolute Gasteiger partial charge is 0.303 e. The maximum absolute atomic E-state index is 2.53. The molecule has 1 rings (SSSR count). The molecule has 16 heavy (non-hydrogen) atoms. The highest BCUT2D eigenvalue weighted by atomic mass is 15.1. The Morgan fingerprint density at radius 1 is 1.06 bits per heavy atom. The summed E-state index contributed by atoms with van der Waals surface area (Å²) < 4.78 is 0. The van der Waals surface area contributed by atoms with E-state index in [-0.39, 0.29) is 0 Å². The first-order valence-electron chi connectivity index (χ1n) is 6.27. The SMILES string of the molecule is CCN(CCc1ccccc1)CC(C)(C)C. The highest BCUT2D eigenvalue weighted by molar-refractivity contribution is 5.14. The Morgan fingerprint density at radius 3 is 2.19 bits per heavy atom.